The van der Waals surface area contributed by atoms with Crippen LogP contribution < -0.4 is 5.32 Å². The fourth-order valence-electron chi connectivity index (χ4n) is 2.52. The summed E-state index contributed by atoms with van der Waals surface area (Å²) in [6.45, 7) is 1.48. The van der Waals surface area contributed by atoms with Crippen molar-refractivity contribution in [3.8, 4) is 0 Å². The molecule has 0 saturated carbocycles. The van der Waals surface area contributed by atoms with Crippen molar-refractivity contribution in [1.29, 1.82) is 0 Å². The van der Waals surface area contributed by atoms with Gasteiger partial charge in [0, 0.05) is 35.5 Å². The molecule has 1 heterocycles. The van der Waals surface area contributed by atoms with Gasteiger partial charge in [-0.3, -0.25) is 0 Å². The van der Waals surface area contributed by atoms with Crippen LogP contribution in [0.4, 0.5) is 8.78 Å². The molecule has 0 saturated heterocycles. The van der Waals surface area contributed by atoms with Crippen LogP contribution in [0, 0.1) is 11.6 Å². The van der Waals surface area contributed by atoms with Crippen LogP contribution in [0.5, 0.6) is 0 Å². The minimum Gasteiger partial charge on any atom is -0.329 e. The Morgan fingerprint density at radius 2 is 1.68 bits per heavy atom. The zero-order valence-electron chi connectivity index (χ0n) is 13.1. The molecular formula is C18H15Cl2F2N3. The van der Waals surface area contributed by atoms with E-state index in [4.69, 9.17) is 23.2 Å². The molecule has 7 heteroatoms. The van der Waals surface area contributed by atoms with Gasteiger partial charge < -0.3 is 9.88 Å². The number of hydrogen-bond acceptors (Lipinski definition) is 2. The van der Waals surface area contributed by atoms with E-state index in [1.54, 1.807) is 18.3 Å². The van der Waals surface area contributed by atoms with Crippen molar-refractivity contribution in [2.24, 2.45) is 0 Å². The summed E-state index contributed by atoms with van der Waals surface area (Å²) in [5, 5.41) is 4.34. The Morgan fingerprint density at radius 1 is 0.920 bits per heavy atom. The van der Waals surface area contributed by atoms with Crippen LogP contribution in [0.1, 0.15) is 17.0 Å². The Morgan fingerprint density at radius 3 is 2.40 bits per heavy atom. The lowest BCUT2D eigenvalue weighted by Gasteiger charge is -2.10. The lowest BCUT2D eigenvalue weighted by atomic mass is 10.2. The molecule has 0 atom stereocenters. The summed E-state index contributed by atoms with van der Waals surface area (Å²) in [7, 11) is 0. The fraction of sp³-hybridized carbons (Fsp3) is 0.167. The van der Waals surface area contributed by atoms with E-state index in [0.717, 1.165) is 17.5 Å². The number of nitrogens with zero attached hydrogens (tertiary/aromatic N) is 2. The number of imidazole rings is 1. The molecule has 3 rings (SSSR count). The normalized spacial score (nSPS) is 11.0. The molecule has 3 nitrogen and oxygen atoms in total. The minimum atomic E-state index is -0.848. The highest BCUT2D eigenvalue weighted by Gasteiger charge is 2.06. The van der Waals surface area contributed by atoms with E-state index >= 15 is 0 Å². The Bertz CT molecular complexity index is 860. The van der Waals surface area contributed by atoms with Gasteiger partial charge in [0.15, 0.2) is 11.6 Å². The van der Waals surface area contributed by atoms with Crippen molar-refractivity contribution < 1.29 is 8.78 Å². The van der Waals surface area contributed by atoms with Crippen molar-refractivity contribution in [2.45, 2.75) is 19.6 Å². The smallest absolute Gasteiger partial charge is 0.159 e. The number of aromatic nitrogens is 2. The van der Waals surface area contributed by atoms with Crippen LogP contribution in [0.2, 0.25) is 10.0 Å². The summed E-state index contributed by atoms with van der Waals surface area (Å²) >= 11 is 12.1. The van der Waals surface area contributed by atoms with Gasteiger partial charge in [0.05, 0.1) is 6.54 Å². The predicted molar refractivity (Wildman–Crippen MR) is 94.7 cm³/mol. The van der Waals surface area contributed by atoms with Crippen LogP contribution in [0.3, 0.4) is 0 Å². The molecule has 3 aromatic rings. The van der Waals surface area contributed by atoms with Gasteiger partial charge in [-0.2, -0.15) is 0 Å². The van der Waals surface area contributed by atoms with Gasteiger partial charge >= 0.3 is 0 Å². The average Bonchev–Trinajstić information content (AvgIpc) is 2.97. The molecule has 0 unspecified atom stereocenters. The van der Waals surface area contributed by atoms with Gasteiger partial charge in [0.25, 0.3) is 0 Å². The molecule has 0 aliphatic carbocycles. The summed E-state index contributed by atoms with van der Waals surface area (Å²) in [4.78, 5) is 4.32. The van der Waals surface area contributed by atoms with Crippen molar-refractivity contribution in [3.05, 3.63) is 87.4 Å². The molecule has 130 valence electrons. The second kappa shape index (κ2) is 7.95. The van der Waals surface area contributed by atoms with Gasteiger partial charge in [-0.25, -0.2) is 13.8 Å². The van der Waals surface area contributed by atoms with Crippen LogP contribution in [0.25, 0.3) is 0 Å². The summed E-state index contributed by atoms with van der Waals surface area (Å²) in [6.07, 6.45) is 3.57. The van der Waals surface area contributed by atoms with E-state index < -0.39 is 11.6 Å². The third-order valence-electron chi connectivity index (χ3n) is 3.67. The van der Waals surface area contributed by atoms with E-state index in [1.165, 1.54) is 6.07 Å². The van der Waals surface area contributed by atoms with Crippen LogP contribution in [-0.2, 0) is 19.6 Å². The second-order valence-electron chi connectivity index (χ2n) is 5.60. The molecule has 0 spiro atoms. The van der Waals surface area contributed by atoms with Gasteiger partial charge in [0.2, 0.25) is 0 Å². The molecule has 2 aromatic carbocycles. The maximum absolute atomic E-state index is 13.2. The summed E-state index contributed by atoms with van der Waals surface area (Å²) < 4.78 is 28.1. The van der Waals surface area contributed by atoms with Gasteiger partial charge in [-0.05, 0) is 41.5 Å². The Balaban J connectivity index is 1.62. The van der Waals surface area contributed by atoms with Crippen molar-refractivity contribution in [3.63, 3.8) is 0 Å². The zero-order valence-corrected chi connectivity index (χ0v) is 14.7. The molecule has 1 aromatic heterocycles. The zero-order chi connectivity index (χ0) is 17.8. The first-order chi connectivity index (χ1) is 12.0. The lowest BCUT2D eigenvalue weighted by molar-refractivity contribution is 0.505. The van der Waals surface area contributed by atoms with Crippen molar-refractivity contribution in [1.82, 2.24) is 14.9 Å². The number of hydrogen-bond donors (Lipinski definition) is 1. The average molecular weight is 382 g/mol. The first-order valence-corrected chi connectivity index (χ1v) is 8.36. The first kappa shape index (κ1) is 17.9. The number of halogens is 4. The van der Waals surface area contributed by atoms with E-state index in [1.807, 2.05) is 22.9 Å². The molecule has 0 radical (unpaired) electrons. The maximum atomic E-state index is 13.2. The predicted octanol–water partition coefficient (Wildman–Crippen LogP) is 4.81. The van der Waals surface area contributed by atoms with E-state index in [2.05, 4.69) is 10.3 Å². The molecule has 0 bridgehead atoms. The Labute approximate surface area is 154 Å². The third-order valence-corrected chi connectivity index (χ3v) is 4.11. The minimum absolute atomic E-state index is 0.410. The molecule has 0 aliphatic rings. The summed E-state index contributed by atoms with van der Waals surface area (Å²) in [6, 6.07) is 9.24. The fourth-order valence-corrected chi connectivity index (χ4v) is 3.09. The molecule has 25 heavy (non-hydrogen) atoms. The number of benzene rings is 2. The summed E-state index contributed by atoms with van der Waals surface area (Å²) in [5.41, 5.74) is 1.64. The van der Waals surface area contributed by atoms with Gasteiger partial charge in [-0.1, -0.05) is 29.3 Å². The third kappa shape index (κ3) is 4.78. The SMILES string of the molecule is Fc1ccc(CNCc2nccn2Cc2cc(Cl)cc(Cl)c2)cc1F. The summed E-state index contributed by atoms with van der Waals surface area (Å²) in [5.74, 6) is -0.878. The molecular weight excluding hydrogens is 367 g/mol. The highest BCUT2D eigenvalue weighted by Crippen LogP contribution is 2.20. The van der Waals surface area contributed by atoms with Gasteiger partial charge in [0.1, 0.15) is 5.82 Å². The largest absolute Gasteiger partial charge is 0.329 e. The van der Waals surface area contributed by atoms with E-state index in [0.29, 0.717) is 35.2 Å². The van der Waals surface area contributed by atoms with Crippen LogP contribution >= 0.6 is 23.2 Å². The number of rotatable bonds is 6. The Kier molecular flexibility index (Phi) is 5.68. The maximum Gasteiger partial charge on any atom is 0.159 e. The molecule has 0 fully saturated rings. The first-order valence-electron chi connectivity index (χ1n) is 7.61. The highest BCUT2D eigenvalue weighted by molar-refractivity contribution is 6.34. The second-order valence-corrected chi connectivity index (χ2v) is 6.47. The highest BCUT2D eigenvalue weighted by atomic mass is 35.5. The van der Waals surface area contributed by atoms with Crippen LogP contribution in [-0.4, -0.2) is 9.55 Å². The molecule has 1 N–H and O–H groups in total. The topological polar surface area (TPSA) is 29.9 Å². The lowest BCUT2D eigenvalue weighted by Crippen LogP contribution is -2.17. The van der Waals surface area contributed by atoms with E-state index in [-0.39, 0.29) is 0 Å². The monoisotopic (exact) mass is 381 g/mol. The quantitative estimate of drug-likeness (QED) is 0.664. The van der Waals surface area contributed by atoms with Crippen molar-refractivity contribution in [2.75, 3.05) is 0 Å². The Hall–Kier alpha value is -1.95. The number of nitrogens with one attached hydrogen (secondary N) is 1. The van der Waals surface area contributed by atoms with Crippen molar-refractivity contribution >= 4 is 23.2 Å². The van der Waals surface area contributed by atoms with Crippen LogP contribution in [0.15, 0.2) is 48.8 Å². The standard InChI is InChI=1S/C18H15Cl2F2N3/c19-14-5-13(6-15(20)8-14)11-25-4-3-24-18(25)10-23-9-12-1-2-16(21)17(22)7-12/h1-8,23H,9-11H2. The molecule has 0 amide bonds. The van der Waals surface area contributed by atoms with Gasteiger partial charge in [-0.15, -0.1) is 0 Å². The van der Waals surface area contributed by atoms with E-state index in [9.17, 15) is 8.78 Å². The molecule has 0 aliphatic heterocycles.